The number of rotatable bonds is 0. The average Bonchev–Trinajstić information content (AvgIpc) is 2.38. The fourth-order valence-corrected chi connectivity index (χ4v) is 1.83. The summed E-state index contributed by atoms with van der Waals surface area (Å²) in [7, 11) is 0. The van der Waals surface area contributed by atoms with E-state index in [0.29, 0.717) is 17.9 Å². The van der Waals surface area contributed by atoms with Crippen LogP contribution in [0.25, 0.3) is 0 Å². The van der Waals surface area contributed by atoms with Crippen molar-refractivity contribution in [2.45, 2.75) is 13.0 Å². The van der Waals surface area contributed by atoms with E-state index in [9.17, 15) is 4.79 Å². The lowest BCUT2D eigenvalue weighted by atomic mass is 10.4. The van der Waals surface area contributed by atoms with Crippen molar-refractivity contribution in [1.82, 2.24) is 4.90 Å². The minimum atomic E-state index is 0.194. The molecule has 2 N–H and O–H groups in total. The predicted molar refractivity (Wildman–Crippen MR) is 37.2 cm³/mol. The molecule has 3 heteroatoms. The number of fused-ring (bicyclic) bond motifs is 1. The number of amides is 1. The quantitative estimate of drug-likeness (QED) is 0.489. The summed E-state index contributed by atoms with van der Waals surface area (Å²) >= 11 is 0. The van der Waals surface area contributed by atoms with Crippen molar-refractivity contribution < 1.29 is 4.79 Å². The molecule has 1 aliphatic carbocycles. The molecule has 0 bridgehead atoms. The Morgan fingerprint density at radius 3 is 2.40 bits per heavy atom. The SMILES string of the molecule is CC(=O)N1C[C@H]2C(N)[C@@H]2C1. The van der Waals surface area contributed by atoms with Crippen molar-refractivity contribution in [3.05, 3.63) is 0 Å². The molecule has 56 valence electrons. The van der Waals surface area contributed by atoms with Gasteiger partial charge in [-0.05, 0) is 11.8 Å². The van der Waals surface area contributed by atoms with Crippen LogP contribution in [0.5, 0.6) is 0 Å². The third kappa shape index (κ3) is 0.669. The second-order valence-corrected chi connectivity index (χ2v) is 3.33. The fraction of sp³-hybridized carbons (Fsp3) is 0.857. The van der Waals surface area contributed by atoms with Gasteiger partial charge in [-0.2, -0.15) is 0 Å². The highest BCUT2D eigenvalue weighted by molar-refractivity contribution is 5.73. The Kier molecular flexibility index (Phi) is 1.06. The van der Waals surface area contributed by atoms with Crippen LogP contribution in [0.3, 0.4) is 0 Å². The monoisotopic (exact) mass is 140 g/mol. The molecule has 2 fully saturated rings. The zero-order valence-corrected chi connectivity index (χ0v) is 6.08. The van der Waals surface area contributed by atoms with E-state index in [2.05, 4.69) is 0 Å². The molecule has 0 radical (unpaired) electrons. The van der Waals surface area contributed by atoms with E-state index in [0.717, 1.165) is 13.1 Å². The lowest BCUT2D eigenvalue weighted by molar-refractivity contribution is -0.128. The van der Waals surface area contributed by atoms with Gasteiger partial charge in [0.25, 0.3) is 0 Å². The average molecular weight is 140 g/mol. The molecule has 10 heavy (non-hydrogen) atoms. The van der Waals surface area contributed by atoms with Gasteiger partial charge < -0.3 is 10.6 Å². The molecule has 1 saturated heterocycles. The molecule has 0 unspecified atom stereocenters. The van der Waals surface area contributed by atoms with Crippen molar-refractivity contribution in [2.75, 3.05) is 13.1 Å². The second-order valence-electron chi connectivity index (χ2n) is 3.33. The van der Waals surface area contributed by atoms with Gasteiger partial charge in [-0.1, -0.05) is 0 Å². The van der Waals surface area contributed by atoms with Gasteiger partial charge >= 0.3 is 0 Å². The van der Waals surface area contributed by atoms with Crippen LogP contribution in [0, 0.1) is 11.8 Å². The Morgan fingerprint density at radius 1 is 1.50 bits per heavy atom. The van der Waals surface area contributed by atoms with Gasteiger partial charge in [0.05, 0.1) is 0 Å². The summed E-state index contributed by atoms with van der Waals surface area (Å²) in [4.78, 5) is 12.7. The van der Waals surface area contributed by atoms with Gasteiger partial charge in [-0.15, -0.1) is 0 Å². The van der Waals surface area contributed by atoms with Gasteiger partial charge in [0, 0.05) is 26.1 Å². The summed E-state index contributed by atoms with van der Waals surface area (Å²) in [5.74, 6) is 1.45. The van der Waals surface area contributed by atoms with E-state index in [1.807, 2.05) is 4.90 Å². The number of piperidine rings is 1. The summed E-state index contributed by atoms with van der Waals surface area (Å²) in [5, 5.41) is 0. The number of hydrogen-bond acceptors (Lipinski definition) is 2. The fourth-order valence-electron chi connectivity index (χ4n) is 1.83. The molecular weight excluding hydrogens is 128 g/mol. The molecule has 0 aromatic rings. The number of nitrogens with zero attached hydrogens (tertiary/aromatic N) is 1. The zero-order valence-electron chi connectivity index (χ0n) is 6.08. The minimum absolute atomic E-state index is 0.194. The van der Waals surface area contributed by atoms with Gasteiger partial charge in [-0.25, -0.2) is 0 Å². The first kappa shape index (κ1) is 6.16. The molecule has 1 aliphatic heterocycles. The Bertz CT molecular complexity index is 168. The minimum Gasteiger partial charge on any atom is -0.342 e. The van der Waals surface area contributed by atoms with Crippen LogP contribution in [0.2, 0.25) is 0 Å². The lowest BCUT2D eigenvalue weighted by Crippen LogP contribution is -2.31. The summed E-state index contributed by atoms with van der Waals surface area (Å²) in [6, 6.07) is 0.399. The van der Waals surface area contributed by atoms with E-state index in [1.165, 1.54) is 0 Å². The topological polar surface area (TPSA) is 46.3 Å². The largest absolute Gasteiger partial charge is 0.342 e. The number of hydrogen-bond donors (Lipinski definition) is 1. The first-order valence-corrected chi connectivity index (χ1v) is 3.71. The van der Waals surface area contributed by atoms with Crippen molar-refractivity contribution in [3.63, 3.8) is 0 Å². The summed E-state index contributed by atoms with van der Waals surface area (Å²) in [6.07, 6.45) is 0. The maximum Gasteiger partial charge on any atom is 0.219 e. The third-order valence-corrected chi connectivity index (χ3v) is 2.71. The Labute approximate surface area is 60.2 Å². The summed E-state index contributed by atoms with van der Waals surface area (Å²) < 4.78 is 0. The highest BCUT2D eigenvalue weighted by Gasteiger charge is 2.54. The van der Waals surface area contributed by atoms with Crippen LogP contribution in [0.1, 0.15) is 6.92 Å². The predicted octanol–water partition coefficient (Wildman–Crippen LogP) is -0.578. The third-order valence-electron chi connectivity index (χ3n) is 2.71. The molecule has 0 aromatic heterocycles. The first-order chi connectivity index (χ1) is 4.70. The first-order valence-electron chi connectivity index (χ1n) is 3.71. The zero-order chi connectivity index (χ0) is 7.30. The standard InChI is InChI=1S/C7H12N2O/c1-4(10)9-2-5-6(3-9)7(5)8/h5-7H,2-3,8H2,1H3/t5-,6-/m1/s1. The van der Waals surface area contributed by atoms with Crippen molar-refractivity contribution in [1.29, 1.82) is 0 Å². The summed E-state index contributed by atoms with van der Waals surface area (Å²) in [6.45, 7) is 3.43. The number of carbonyl (C=O) groups is 1. The van der Waals surface area contributed by atoms with Crippen LogP contribution < -0.4 is 5.73 Å². The van der Waals surface area contributed by atoms with Crippen molar-refractivity contribution in [2.24, 2.45) is 17.6 Å². The van der Waals surface area contributed by atoms with Crippen LogP contribution in [-0.2, 0) is 4.79 Å². The van der Waals surface area contributed by atoms with Crippen LogP contribution in [0.4, 0.5) is 0 Å². The van der Waals surface area contributed by atoms with Crippen LogP contribution in [-0.4, -0.2) is 29.9 Å². The molecular formula is C7H12N2O. The van der Waals surface area contributed by atoms with Gasteiger partial charge in [0.2, 0.25) is 5.91 Å². The van der Waals surface area contributed by atoms with Crippen LogP contribution in [0.15, 0.2) is 0 Å². The van der Waals surface area contributed by atoms with E-state index in [-0.39, 0.29) is 5.91 Å². The molecule has 1 amide bonds. The van der Waals surface area contributed by atoms with E-state index < -0.39 is 0 Å². The molecule has 1 saturated carbocycles. The Hall–Kier alpha value is -0.570. The molecule has 0 aromatic carbocycles. The number of nitrogens with two attached hydrogens (primary N) is 1. The van der Waals surface area contributed by atoms with Gasteiger partial charge in [0.15, 0.2) is 0 Å². The molecule has 2 atom stereocenters. The normalized spacial score (nSPS) is 43.4. The van der Waals surface area contributed by atoms with E-state index in [4.69, 9.17) is 5.73 Å². The van der Waals surface area contributed by atoms with Gasteiger partial charge in [-0.3, -0.25) is 4.79 Å². The van der Waals surface area contributed by atoms with E-state index in [1.54, 1.807) is 6.92 Å². The number of carbonyl (C=O) groups excluding carboxylic acids is 1. The Balaban J connectivity index is 1.95. The lowest BCUT2D eigenvalue weighted by Gasteiger charge is -2.15. The molecule has 1 heterocycles. The molecule has 3 nitrogen and oxygen atoms in total. The van der Waals surface area contributed by atoms with Crippen molar-refractivity contribution in [3.8, 4) is 0 Å². The molecule has 0 spiro atoms. The maximum absolute atomic E-state index is 10.8. The summed E-state index contributed by atoms with van der Waals surface area (Å²) in [5.41, 5.74) is 5.70. The second kappa shape index (κ2) is 1.72. The maximum atomic E-state index is 10.8. The smallest absolute Gasteiger partial charge is 0.219 e. The molecule has 2 rings (SSSR count). The van der Waals surface area contributed by atoms with Crippen molar-refractivity contribution >= 4 is 5.91 Å². The highest BCUT2D eigenvalue weighted by Crippen LogP contribution is 2.43. The van der Waals surface area contributed by atoms with E-state index >= 15 is 0 Å². The van der Waals surface area contributed by atoms with Crippen LogP contribution >= 0.6 is 0 Å². The molecule has 2 aliphatic rings. The Morgan fingerprint density at radius 2 is 2.00 bits per heavy atom. The highest BCUT2D eigenvalue weighted by atomic mass is 16.2. The number of likely N-dealkylation sites (tertiary alicyclic amines) is 1. The van der Waals surface area contributed by atoms with Gasteiger partial charge in [0.1, 0.15) is 0 Å².